The van der Waals surface area contributed by atoms with Crippen molar-refractivity contribution in [3.8, 4) is 0 Å². The van der Waals surface area contributed by atoms with Crippen molar-refractivity contribution in [3.63, 3.8) is 0 Å². The van der Waals surface area contributed by atoms with E-state index in [9.17, 15) is 0 Å². The Morgan fingerprint density at radius 3 is 2.08 bits per heavy atom. The van der Waals surface area contributed by atoms with Gasteiger partial charge in [-0.2, -0.15) is 5.06 Å². The summed E-state index contributed by atoms with van der Waals surface area (Å²) in [6.07, 6.45) is 0. The summed E-state index contributed by atoms with van der Waals surface area (Å²) in [6, 6.07) is 21.0. The normalized spacial score (nSPS) is 11.8. The first-order valence-corrected chi connectivity index (χ1v) is 9.00. The van der Waals surface area contributed by atoms with Gasteiger partial charge >= 0.3 is 0 Å². The highest BCUT2D eigenvalue weighted by atomic mass is 16.7. The summed E-state index contributed by atoms with van der Waals surface area (Å²) < 4.78 is 0.908. The van der Waals surface area contributed by atoms with Crippen molar-refractivity contribution in [2.45, 2.75) is 13.1 Å². The van der Waals surface area contributed by atoms with Gasteiger partial charge in [0.1, 0.15) is 13.2 Å². The average Bonchev–Trinajstić information content (AvgIpc) is 2.59. The number of nitrogens with zero attached hydrogens (tertiary/aromatic N) is 2. The van der Waals surface area contributed by atoms with Crippen LogP contribution in [0.2, 0.25) is 0 Å². The van der Waals surface area contributed by atoms with E-state index in [1.54, 1.807) is 0 Å². The largest absolute Gasteiger partial charge is 0.329 e. The maximum atomic E-state index is 6.05. The molecule has 2 aromatic rings. The van der Waals surface area contributed by atoms with Crippen LogP contribution in [0.1, 0.15) is 11.1 Å². The number of hydrogen-bond acceptors (Lipinski definition) is 3. The van der Waals surface area contributed by atoms with Gasteiger partial charge in [-0.15, -0.1) is 0 Å². The van der Waals surface area contributed by atoms with Crippen LogP contribution in [0.5, 0.6) is 0 Å². The SMILES string of the molecule is C[N+](C)(C)CCON(CCNCc1ccccc1)Cc1ccccc1. The van der Waals surface area contributed by atoms with Crippen LogP contribution >= 0.6 is 0 Å². The second kappa shape index (κ2) is 10.3. The molecule has 0 radical (unpaired) electrons. The first-order valence-electron chi connectivity index (χ1n) is 9.00. The van der Waals surface area contributed by atoms with Crippen LogP contribution in [-0.2, 0) is 17.9 Å². The molecule has 136 valence electrons. The molecule has 0 atom stereocenters. The van der Waals surface area contributed by atoms with Gasteiger partial charge in [0, 0.05) is 26.2 Å². The Morgan fingerprint density at radius 2 is 1.48 bits per heavy atom. The van der Waals surface area contributed by atoms with Crippen molar-refractivity contribution in [1.29, 1.82) is 0 Å². The second-order valence-corrected chi connectivity index (χ2v) is 7.36. The highest BCUT2D eigenvalue weighted by Crippen LogP contribution is 2.05. The summed E-state index contributed by atoms with van der Waals surface area (Å²) in [7, 11) is 6.56. The molecule has 0 aliphatic carbocycles. The van der Waals surface area contributed by atoms with Crippen molar-refractivity contribution in [1.82, 2.24) is 10.4 Å². The molecular formula is C21H32N3O+. The molecule has 0 amide bonds. The molecule has 4 heteroatoms. The van der Waals surface area contributed by atoms with Gasteiger partial charge in [-0.05, 0) is 11.1 Å². The molecule has 0 spiro atoms. The third kappa shape index (κ3) is 8.79. The molecule has 0 fully saturated rings. The Balaban J connectivity index is 1.78. The summed E-state index contributed by atoms with van der Waals surface area (Å²) in [4.78, 5) is 6.05. The molecule has 0 bridgehead atoms. The van der Waals surface area contributed by atoms with Crippen molar-refractivity contribution in [2.24, 2.45) is 0 Å². The van der Waals surface area contributed by atoms with E-state index < -0.39 is 0 Å². The third-order valence-electron chi connectivity index (χ3n) is 3.95. The van der Waals surface area contributed by atoms with Crippen LogP contribution in [0.15, 0.2) is 60.7 Å². The van der Waals surface area contributed by atoms with Crippen LogP contribution in [0, 0.1) is 0 Å². The smallest absolute Gasteiger partial charge is 0.117 e. The molecule has 25 heavy (non-hydrogen) atoms. The summed E-state index contributed by atoms with van der Waals surface area (Å²) in [5, 5.41) is 5.57. The number of likely N-dealkylation sites (N-methyl/N-ethyl adjacent to an activating group) is 1. The van der Waals surface area contributed by atoms with Gasteiger partial charge in [0.2, 0.25) is 0 Å². The van der Waals surface area contributed by atoms with Gasteiger partial charge in [-0.25, -0.2) is 0 Å². The highest BCUT2D eigenvalue weighted by molar-refractivity contribution is 5.15. The van der Waals surface area contributed by atoms with Crippen molar-refractivity contribution >= 4 is 0 Å². The molecule has 4 nitrogen and oxygen atoms in total. The Kier molecular flexibility index (Phi) is 8.09. The van der Waals surface area contributed by atoms with Crippen molar-refractivity contribution in [3.05, 3.63) is 71.8 Å². The standard InChI is InChI=1S/C21H32N3O/c1-24(2,3)16-17-25-23(19-21-12-8-5-9-13-21)15-14-22-18-20-10-6-4-7-11-20/h4-13,22H,14-19H2,1-3H3/q+1. The van der Waals surface area contributed by atoms with Gasteiger partial charge in [-0.1, -0.05) is 60.7 Å². The molecular weight excluding hydrogens is 310 g/mol. The summed E-state index contributed by atoms with van der Waals surface area (Å²) in [5.74, 6) is 0. The van der Waals surface area contributed by atoms with Gasteiger partial charge in [0.25, 0.3) is 0 Å². The fourth-order valence-corrected chi connectivity index (χ4v) is 2.45. The lowest BCUT2D eigenvalue weighted by molar-refractivity contribution is -0.871. The van der Waals surface area contributed by atoms with Crippen molar-refractivity contribution in [2.75, 3.05) is 47.4 Å². The molecule has 2 aromatic carbocycles. The van der Waals surface area contributed by atoms with E-state index in [0.29, 0.717) is 0 Å². The molecule has 0 heterocycles. The molecule has 0 aromatic heterocycles. The van der Waals surface area contributed by atoms with E-state index in [1.807, 2.05) is 12.1 Å². The lowest BCUT2D eigenvalue weighted by atomic mass is 10.2. The number of hydroxylamine groups is 2. The molecule has 1 N–H and O–H groups in total. The first-order chi connectivity index (χ1) is 12.0. The van der Waals surface area contributed by atoms with E-state index >= 15 is 0 Å². The van der Waals surface area contributed by atoms with E-state index in [2.05, 4.69) is 80.1 Å². The maximum Gasteiger partial charge on any atom is 0.117 e. The Morgan fingerprint density at radius 1 is 0.880 bits per heavy atom. The van der Waals surface area contributed by atoms with Gasteiger partial charge in [-0.3, -0.25) is 4.84 Å². The van der Waals surface area contributed by atoms with Gasteiger partial charge in [0.05, 0.1) is 21.1 Å². The molecule has 0 unspecified atom stereocenters. The maximum absolute atomic E-state index is 6.05. The Bertz CT molecular complexity index is 581. The first kappa shape index (κ1) is 19.6. The minimum absolute atomic E-state index is 0.731. The highest BCUT2D eigenvalue weighted by Gasteiger charge is 2.11. The van der Waals surface area contributed by atoms with Gasteiger partial charge in [0.15, 0.2) is 0 Å². The number of hydrogen-bond donors (Lipinski definition) is 1. The predicted molar refractivity (Wildman–Crippen MR) is 104 cm³/mol. The zero-order valence-electron chi connectivity index (χ0n) is 15.8. The Labute approximate surface area is 152 Å². The molecule has 2 rings (SSSR count). The third-order valence-corrected chi connectivity index (χ3v) is 3.95. The quantitative estimate of drug-likeness (QED) is 0.386. The van der Waals surface area contributed by atoms with E-state index in [4.69, 9.17) is 4.84 Å². The Hall–Kier alpha value is -1.72. The lowest BCUT2D eigenvalue weighted by Gasteiger charge is -2.27. The minimum Gasteiger partial charge on any atom is -0.329 e. The zero-order valence-corrected chi connectivity index (χ0v) is 15.8. The fourth-order valence-electron chi connectivity index (χ4n) is 2.45. The summed E-state index contributed by atoms with van der Waals surface area (Å²) in [5.41, 5.74) is 2.58. The second-order valence-electron chi connectivity index (χ2n) is 7.36. The number of benzene rings is 2. The van der Waals surface area contributed by atoms with Gasteiger partial charge < -0.3 is 9.80 Å². The van der Waals surface area contributed by atoms with E-state index in [0.717, 1.165) is 43.8 Å². The molecule has 0 saturated carbocycles. The van der Waals surface area contributed by atoms with Crippen LogP contribution < -0.4 is 5.32 Å². The van der Waals surface area contributed by atoms with Crippen LogP contribution in [0.25, 0.3) is 0 Å². The number of rotatable bonds is 11. The fraction of sp³-hybridized carbons (Fsp3) is 0.429. The zero-order chi connectivity index (χ0) is 18.0. The molecule has 0 aliphatic rings. The van der Waals surface area contributed by atoms with Crippen molar-refractivity contribution < 1.29 is 9.32 Å². The predicted octanol–water partition coefficient (Wildman–Crippen LogP) is 2.92. The minimum atomic E-state index is 0.731. The summed E-state index contributed by atoms with van der Waals surface area (Å²) in [6.45, 7) is 5.17. The topological polar surface area (TPSA) is 24.5 Å². The number of nitrogens with one attached hydrogen (secondary N) is 1. The summed E-state index contributed by atoms with van der Waals surface area (Å²) >= 11 is 0. The van der Waals surface area contributed by atoms with Crippen LogP contribution in [0.4, 0.5) is 0 Å². The molecule has 0 saturated heterocycles. The van der Waals surface area contributed by atoms with Crippen LogP contribution in [-0.4, -0.2) is 56.9 Å². The lowest BCUT2D eigenvalue weighted by Crippen LogP contribution is -2.40. The number of quaternary nitrogens is 1. The average molecular weight is 343 g/mol. The van der Waals surface area contributed by atoms with Crippen LogP contribution in [0.3, 0.4) is 0 Å². The van der Waals surface area contributed by atoms with E-state index in [-0.39, 0.29) is 0 Å². The monoisotopic (exact) mass is 342 g/mol. The van der Waals surface area contributed by atoms with E-state index in [1.165, 1.54) is 11.1 Å². The molecule has 0 aliphatic heterocycles.